The first kappa shape index (κ1) is 22.7. The molecule has 1 aliphatic rings. The summed E-state index contributed by atoms with van der Waals surface area (Å²) in [5.74, 6) is -1.15. The molecule has 3 aromatic carbocycles. The predicted molar refractivity (Wildman–Crippen MR) is 134 cm³/mol. The molecule has 5 rings (SSSR count). The monoisotopic (exact) mass is 487 g/mol. The lowest BCUT2D eigenvalue weighted by atomic mass is 9.92. The van der Waals surface area contributed by atoms with Crippen molar-refractivity contribution < 1.29 is 23.8 Å². The van der Waals surface area contributed by atoms with E-state index in [2.05, 4.69) is 0 Å². The van der Waals surface area contributed by atoms with E-state index in [1.165, 1.54) is 4.90 Å². The zero-order valence-corrected chi connectivity index (χ0v) is 19.9. The van der Waals surface area contributed by atoms with Crippen LogP contribution >= 0.6 is 11.6 Å². The van der Waals surface area contributed by atoms with Gasteiger partial charge in [-0.2, -0.15) is 0 Å². The number of halogens is 1. The molecule has 0 saturated heterocycles. The summed E-state index contributed by atoms with van der Waals surface area (Å²) < 4.78 is 11.3. The molecule has 1 amide bonds. The van der Waals surface area contributed by atoms with Gasteiger partial charge >= 0.3 is 0 Å². The molecule has 4 aromatic rings. The molecular weight excluding hydrogens is 466 g/mol. The number of carbonyl (C=O) groups is 2. The number of ether oxygens (including phenoxy) is 1. The average Bonchev–Trinajstić information content (AvgIpc) is 3.38. The predicted octanol–water partition coefficient (Wildman–Crippen LogP) is 6.58. The van der Waals surface area contributed by atoms with E-state index in [1.807, 2.05) is 38.1 Å². The average molecular weight is 488 g/mol. The Morgan fingerprint density at radius 2 is 1.83 bits per heavy atom. The molecule has 7 heteroatoms. The number of ketones is 1. The molecule has 0 bridgehead atoms. The summed E-state index contributed by atoms with van der Waals surface area (Å²) in [4.78, 5) is 28.5. The van der Waals surface area contributed by atoms with Crippen molar-refractivity contribution >= 4 is 39.9 Å². The third kappa shape index (κ3) is 3.96. The van der Waals surface area contributed by atoms with E-state index in [0.717, 1.165) is 11.1 Å². The number of hydrogen-bond acceptors (Lipinski definition) is 5. The van der Waals surface area contributed by atoms with Crippen molar-refractivity contribution in [3.63, 3.8) is 0 Å². The van der Waals surface area contributed by atoms with Crippen molar-refractivity contribution in [2.75, 3.05) is 11.5 Å². The Bertz CT molecular complexity index is 1490. The van der Waals surface area contributed by atoms with E-state index in [-0.39, 0.29) is 11.3 Å². The number of rotatable bonds is 6. The number of carbonyl (C=O) groups excluding carboxylic acids is 2. The molecule has 6 nitrogen and oxygen atoms in total. The number of furan rings is 1. The van der Waals surface area contributed by atoms with Crippen LogP contribution in [0.4, 0.5) is 5.69 Å². The van der Waals surface area contributed by atoms with Gasteiger partial charge in [0.15, 0.2) is 11.5 Å². The van der Waals surface area contributed by atoms with Crippen LogP contribution in [0.15, 0.2) is 88.5 Å². The zero-order chi connectivity index (χ0) is 24.7. The highest BCUT2D eigenvalue weighted by Crippen LogP contribution is 2.43. The molecule has 0 saturated carbocycles. The van der Waals surface area contributed by atoms with Gasteiger partial charge in [0.1, 0.15) is 11.3 Å². The second-order valence-electron chi connectivity index (χ2n) is 8.25. The first-order valence-electron chi connectivity index (χ1n) is 11.2. The van der Waals surface area contributed by atoms with E-state index >= 15 is 0 Å². The zero-order valence-electron chi connectivity index (χ0n) is 19.1. The first-order chi connectivity index (χ1) is 16.9. The Kier molecular flexibility index (Phi) is 5.83. The maximum Gasteiger partial charge on any atom is 0.294 e. The Hall–Kier alpha value is -4.03. The van der Waals surface area contributed by atoms with Gasteiger partial charge in [0.2, 0.25) is 5.78 Å². The molecule has 1 aliphatic heterocycles. The van der Waals surface area contributed by atoms with Crippen LogP contribution in [0.5, 0.6) is 5.75 Å². The van der Waals surface area contributed by atoms with Gasteiger partial charge in [-0.05, 0) is 73.5 Å². The standard InChI is InChI=1S/C28H22ClNO5/c1-3-34-20-11-9-19(10-12-20)30-25(21-7-5-4-6-16(21)2)24(27(32)28(30)33)26(31)23-15-17-14-18(29)8-13-22(17)35-23/h4-15,25,32H,3H2,1-2H3. The third-order valence-electron chi connectivity index (χ3n) is 6.06. The second-order valence-corrected chi connectivity index (χ2v) is 8.68. The highest BCUT2D eigenvalue weighted by atomic mass is 35.5. The van der Waals surface area contributed by atoms with Crippen LogP contribution < -0.4 is 9.64 Å². The van der Waals surface area contributed by atoms with Crippen LogP contribution in [-0.4, -0.2) is 23.4 Å². The SMILES string of the molecule is CCOc1ccc(N2C(=O)C(O)=C(C(=O)c3cc4cc(Cl)ccc4o3)C2c2ccccc2C)cc1. The number of benzene rings is 3. The summed E-state index contributed by atoms with van der Waals surface area (Å²) in [5.41, 5.74) is 2.57. The lowest BCUT2D eigenvalue weighted by Crippen LogP contribution is -2.31. The van der Waals surface area contributed by atoms with Crippen molar-refractivity contribution in [3.05, 3.63) is 106 Å². The van der Waals surface area contributed by atoms with Gasteiger partial charge in [0.25, 0.3) is 5.91 Å². The normalized spacial score (nSPS) is 15.8. The fourth-order valence-electron chi connectivity index (χ4n) is 4.42. The van der Waals surface area contributed by atoms with E-state index in [9.17, 15) is 14.7 Å². The molecule has 1 aromatic heterocycles. The Morgan fingerprint density at radius 1 is 1.09 bits per heavy atom. The van der Waals surface area contributed by atoms with Gasteiger partial charge in [0.05, 0.1) is 18.2 Å². The fourth-order valence-corrected chi connectivity index (χ4v) is 4.60. The molecular formula is C28H22ClNO5. The van der Waals surface area contributed by atoms with E-state index in [1.54, 1.807) is 48.5 Å². The molecule has 2 heterocycles. The van der Waals surface area contributed by atoms with Crippen molar-refractivity contribution in [3.8, 4) is 5.75 Å². The lowest BCUT2D eigenvalue weighted by molar-refractivity contribution is -0.117. The van der Waals surface area contributed by atoms with Crippen molar-refractivity contribution in [2.24, 2.45) is 0 Å². The van der Waals surface area contributed by atoms with Crippen LogP contribution in [0.1, 0.15) is 34.6 Å². The van der Waals surface area contributed by atoms with Crippen LogP contribution in [0.2, 0.25) is 5.02 Å². The Morgan fingerprint density at radius 3 is 2.54 bits per heavy atom. The van der Waals surface area contributed by atoms with Crippen LogP contribution in [0.3, 0.4) is 0 Å². The Labute approximate surface area is 207 Å². The minimum Gasteiger partial charge on any atom is -0.503 e. The molecule has 1 atom stereocenters. The van der Waals surface area contributed by atoms with Crippen molar-refractivity contribution in [1.82, 2.24) is 0 Å². The summed E-state index contributed by atoms with van der Waals surface area (Å²) in [7, 11) is 0. The summed E-state index contributed by atoms with van der Waals surface area (Å²) in [6.45, 7) is 4.30. The van der Waals surface area contributed by atoms with Gasteiger partial charge in [0, 0.05) is 16.1 Å². The molecule has 1 N–H and O–H groups in total. The number of aryl methyl sites for hydroxylation is 1. The first-order valence-corrected chi connectivity index (χ1v) is 11.6. The van der Waals surface area contributed by atoms with Crippen LogP contribution in [-0.2, 0) is 4.79 Å². The van der Waals surface area contributed by atoms with Crippen LogP contribution in [0.25, 0.3) is 11.0 Å². The second kappa shape index (κ2) is 8.96. The molecule has 0 spiro atoms. The van der Waals surface area contributed by atoms with Gasteiger partial charge in [-0.15, -0.1) is 0 Å². The molecule has 176 valence electrons. The highest BCUT2D eigenvalue weighted by molar-refractivity contribution is 6.31. The summed E-state index contributed by atoms with van der Waals surface area (Å²) in [6.07, 6.45) is 0. The van der Waals surface area contributed by atoms with Gasteiger partial charge in [-0.3, -0.25) is 14.5 Å². The smallest absolute Gasteiger partial charge is 0.294 e. The largest absolute Gasteiger partial charge is 0.503 e. The molecule has 0 radical (unpaired) electrons. The molecule has 35 heavy (non-hydrogen) atoms. The van der Waals surface area contributed by atoms with Gasteiger partial charge in [-0.25, -0.2) is 0 Å². The number of hydrogen-bond donors (Lipinski definition) is 1. The maximum atomic E-state index is 13.7. The number of aliphatic hydroxyl groups is 1. The number of fused-ring (bicyclic) bond motifs is 1. The van der Waals surface area contributed by atoms with Crippen molar-refractivity contribution in [1.29, 1.82) is 0 Å². The highest BCUT2D eigenvalue weighted by Gasteiger charge is 2.45. The number of aliphatic hydroxyl groups excluding tert-OH is 1. The summed E-state index contributed by atoms with van der Waals surface area (Å²) >= 11 is 6.08. The third-order valence-corrected chi connectivity index (χ3v) is 6.30. The number of amides is 1. The lowest BCUT2D eigenvalue weighted by Gasteiger charge is -2.28. The van der Waals surface area contributed by atoms with Crippen molar-refractivity contribution in [2.45, 2.75) is 19.9 Å². The maximum absolute atomic E-state index is 13.7. The number of nitrogens with zero attached hydrogens (tertiary/aromatic N) is 1. The molecule has 0 fully saturated rings. The topological polar surface area (TPSA) is 80.0 Å². The Balaban J connectivity index is 1.63. The van der Waals surface area contributed by atoms with Crippen LogP contribution in [0, 0.1) is 6.92 Å². The minimum atomic E-state index is -0.842. The fraction of sp³-hybridized carbons (Fsp3) is 0.143. The quantitative estimate of drug-likeness (QED) is 0.311. The van der Waals surface area contributed by atoms with Gasteiger partial charge in [-0.1, -0.05) is 35.9 Å². The van der Waals surface area contributed by atoms with E-state index < -0.39 is 23.5 Å². The van der Waals surface area contributed by atoms with E-state index in [0.29, 0.717) is 34.0 Å². The minimum absolute atomic E-state index is 0.0174. The number of anilines is 1. The number of Topliss-reactive ketones (excluding diaryl/α,β-unsaturated/α-hetero) is 1. The van der Waals surface area contributed by atoms with E-state index in [4.69, 9.17) is 20.8 Å². The molecule has 1 unspecified atom stereocenters. The van der Waals surface area contributed by atoms with Gasteiger partial charge < -0.3 is 14.3 Å². The summed E-state index contributed by atoms with van der Waals surface area (Å²) in [6, 6.07) is 20.2. The molecule has 0 aliphatic carbocycles. The summed E-state index contributed by atoms with van der Waals surface area (Å²) in [5, 5.41) is 12.1.